The van der Waals surface area contributed by atoms with Gasteiger partial charge in [-0.1, -0.05) is 25.5 Å². The second-order valence-corrected chi connectivity index (χ2v) is 7.09. The maximum absolute atomic E-state index is 2.61. The minimum atomic E-state index is 0.655. The van der Waals surface area contributed by atoms with Crippen molar-refractivity contribution in [3.63, 3.8) is 0 Å². The molecule has 1 aromatic rings. The number of piperidine rings is 1. The Hall–Kier alpha value is -0.640. The van der Waals surface area contributed by atoms with Gasteiger partial charge in [0.2, 0.25) is 0 Å². The van der Waals surface area contributed by atoms with Crippen LogP contribution in [-0.2, 0) is 13.1 Å². The van der Waals surface area contributed by atoms with E-state index in [1.165, 1.54) is 49.2 Å². The van der Waals surface area contributed by atoms with Crippen LogP contribution in [0.3, 0.4) is 0 Å². The van der Waals surface area contributed by atoms with Gasteiger partial charge in [-0.05, 0) is 49.4 Å². The molecular formula is C17H26N2S. The summed E-state index contributed by atoms with van der Waals surface area (Å²) in [6.45, 7) is 8.27. The van der Waals surface area contributed by atoms with E-state index in [1.54, 1.807) is 0 Å². The summed E-state index contributed by atoms with van der Waals surface area (Å²) < 4.78 is 0. The van der Waals surface area contributed by atoms with E-state index in [0.717, 1.165) is 19.6 Å². The molecule has 1 saturated heterocycles. The molecular weight excluding hydrogens is 264 g/mol. The molecule has 0 N–H and O–H groups in total. The Morgan fingerprint density at radius 3 is 2.85 bits per heavy atom. The smallest absolute Gasteiger partial charge is 0.0337 e. The van der Waals surface area contributed by atoms with E-state index >= 15 is 0 Å². The van der Waals surface area contributed by atoms with E-state index in [9.17, 15) is 0 Å². The van der Waals surface area contributed by atoms with E-state index < -0.39 is 0 Å². The third-order valence-corrected chi connectivity index (χ3v) is 5.48. The predicted octanol–water partition coefficient (Wildman–Crippen LogP) is 3.88. The Bertz CT molecular complexity index is 446. The van der Waals surface area contributed by atoms with E-state index in [1.807, 2.05) is 11.3 Å². The van der Waals surface area contributed by atoms with Gasteiger partial charge in [0, 0.05) is 30.6 Å². The third-order valence-electron chi connectivity index (χ3n) is 4.51. The van der Waals surface area contributed by atoms with Gasteiger partial charge < -0.3 is 0 Å². The van der Waals surface area contributed by atoms with Crippen molar-refractivity contribution in [1.82, 2.24) is 9.80 Å². The lowest BCUT2D eigenvalue weighted by Gasteiger charge is -2.25. The number of hydrogen-bond donors (Lipinski definition) is 0. The van der Waals surface area contributed by atoms with Crippen molar-refractivity contribution < 1.29 is 0 Å². The summed E-state index contributed by atoms with van der Waals surface area (Å²) in [5.74, 6) is 0. The Kier molecular flexibility index (Phi) is 4.92. The van der Waals surface area contributed by atoms with Gasteiger partial charge >= 0.3 is 0 Å². The fourth-order valence-corrected chi connectivity index (χ4v) is 4.26. The van der Waals surface area contributed by atoms with Crippen LogP contribution >= 0.6 is 11.3 Å². The number of likely N-dealkylation sites (tertiary alicyclic amines) is 1. The average Bonchev–Trinajstić information content (AvgIpc) is 3.10. The quantitative estimate of drug-likeness (QED) is 0.759. The van der Waals surface area contributed by atoms with E-state index in [2.05, 4.69) is 40.3 Å². The lowest BCUT2D eigenvalue weighted by Crippen LogP contribution is -2.29. The van der Waals surface area contributed by atoms with Gasteiger partial charge in [0.25, 0.3) is 0 Å². The van der Waals surface area contributed by atoms with Gasteiger partial charge in [-0.3, -0.25) is 9.80 Å². The molecule has 1 fully saturated rings. The molecule has 2 nitrogen and oxygen atoms in total. The molecule has 0 bridgehead atoms. The first-order chi connectivity index (χ1) is 9.85. The molecule has 2 aliphatic rings. The zero-order valence-electron chi connectivity index (χ0n) is 12.6. The molecule has 1 atom stereocenters. The molecule has 3 heterocycles. The maximum Gasteiger partial charge on any atom is 0.0337 e. The van der Waals surface area contributed by atoms with Crippen LogP contribution in [0.25, 0.3) is 0 Å². The van der Waals surface area contributed by atoms with Crippen LogP contribution in [0.1, 0.15) is 43.0 Å². The van der Waals surface area contributed by atoms with Crippen LogP contribution in [0, 0.1) is 0 Å². The van der Waals surface area contributed by atoms with Crippen LogP contribution < -0.4 is 0 Å². The number of rotatable bonds is 5. The van der Waals surface area contributed by atoms with Crippen molar-refractivity contribution in [3.8, 4) is 0 Å². The molecule has 3 heteroatoms. The van der Waals surface area contributed by atoms with E-state index in [4.69, 9.17) is 0 Å². The first-order valence-electron chi connectivity index (χ1n) is 8.04. The van der Waals surface area contributed by atoms with Crippen molar-refractivity contribution in [2.75, 3.05) is 19.6 Å². The zero-order valence-corrected chi connectivity index (χ0v) is 13.4. The lowest BCUT2D eigenvalue weighted by atomic mass is 10.1. The van der Waals surface area contributed by atoms with Crippen LogP contribution in [0.15, 0.2) is 23.6 Å². The zero-order chi connectivity index (χ0) is 13.8. The molecule has 3 rings (SSSR count). The summed E-state index contributed by atoms with van der Waals surface area (Å²) in [6, 6.07) is 3.09. The molecule has 1 aromatic heterocycles. The standard InChI is InChI=1S/C17H26N2S/c1-2-16-7-6-10-19(16)13-17-11-15(14-20-17)12-18-8-4-3-5-9-18/h6-7,11,14,16H,2-5,8-10,12-13H2,1H3. The monoisotopic (exact) mass is 290 g/mol. The van der Waals surface area contributed by atoms with Gasteiger partial charge in [-0.15, -0.1) is 11.3 Å². The van der Waals surface area contributed by atoms with E-state index in [-0.39, 0.29) is 0 Å². The Morgan fingerprint density at radius 2 is 2.05 bits per heavy atom. The molecule has 2 aliphatic heterocycles. The lowest BCUT2D eigenvalue weighted by molar-refractivity contribution is 0.221. The number of thiophene rings is 1. The number of hydrogen-bond acceptors (Lipinski definition) is 3. The summed E-state index contributed by atoms with van der Waals surface area (Å²) in [5, 5.41) is 2.37. The highest BCUT2D eigenvalue weighted by Gasteiger charge is 2.18. The predicted molar refractivity (Wildman–Crippen MR) is 87.1 cm³/mol. The third kappa shape index (κ3) is 3.51. The van der Waals surface area contributed by atoms with Crippen molar-refractivity contribution >= 4 is 11.3 Å². The van der Waals surface area contributed by atoms with Gasteiger partial charge in [-0.2, -0.15) is 0 Å². The second kappa shape index (κ2) is 6.88. The first kappa shape index (κ1) is 14.3. The van der Waals surface area contributed by atoms with Gasteiger partial charge in [-0.25, -0.2) is 0 Å². The Balaban J connectivity index is 1.54. The van der Waals surface area contributed by atoms with Crippen LogP contribution in [0.2, 0.25) is 0 Å². The molecule has 0 amide bonds. The van der Waals surface area contributed by atoms with Gasteiger partial charge in [0.15, 0.2) is 0 Å². The second-order valence-electron chi connectivity index (χ2n) is 6.09. The van der Waals surface area contributed by atoms with Crippen molar-refractivity contribution in [2.45, 2.75) is 51.7 Å². The Morgan fingerprint density at radius 1 is 1.20 bits per heavy atom. The fourth-order valence-electron chi connectivity index (χ4n) is 3.35. The molecule has 0 aromatic carbocycles. The summed E-state index contributed by atoms with van der Waals surface area (Å²) >= 11 is 1.94. The van der Waals surface area contributed by atoms with Crippen molar-refractivity contribution in [1.29, 1.82) is 0 Å². The SMILES string of the molecule is CCC1C=CCN1Cc1cc(CN2CCCCC2)cs1. The molecule has 1 unspecified atom stereocenters. The van der Waals surface area contributed by atoms with Crippen molar-refractivity contribution in [2.24, 2.45) is 0 Å². The average molecular weight is 290 g/mol. The highest BCUT2D eigenvalue weighted by atomic mass is 32.1. The molecule has 0 saturated carbocycles. The summed E-state index contributed by atoms with van der Waals surface area (Å²) in [5.41, 5.74) is 1.52. The maximum atomic E-state index is 2.61. The highest BCUT2D eigenvalue weighted by molar-refractivity contribution is 7.10. The number of nitrogens with zero attached hydrogens (tertiary/aromatic N) is 2. The van der Waals surface area contributed by atoms with Crippen LogP contribution in [0.5, 0.6) is 0 Å². The van der Waals surface area contributed by atoms with Gasteiger partial charge in [0.05, 0.1) is 0 Å². The minimum absolute atomic E-state index is 0.655. The summed E-state index contributed by atoms with van der Waals surface area (Å²) in [4.78, 5) is 6.72. The molecule has 0 aliphatic carbocycles. The summed E-state index contributed by atoms with van der Waals surface area (Å²) in [7, 11) is 0. The topological polar surface area (TPSA) is 6.48 Å². The van der Waals surface area contributed by atoms with Crippen LogP contribution in [0.4, 0.5) is 0 Å². The highest BCUT2D eigenvalue weighted by Crippen LogP contribution is 2.23. The normalized spacial score (nSPS) is 24.6. The van der Waals surface area contributed by atoms with E-state index in [0.29, 0.717) is 6.04 Å². The molecule has 110 valence electrons. The minimum Gasteiger partial charge on any atom is -0.299 e. The largest absolute Gasteiger partial charge is 0.299 e. The molecule has 0 spiro atoms. The Labute approximate surface area is 127 Å². The van der Waals surface area contributed by atoms with Gasteiger partial charge in [0.1, 0.15) is 0 Å². The molecule has 0 radical (unpaired) electrons. The first-order valence-corrected chi connectivity index (χ1v) is 8.92. The van der Waals surface area contributed by atoms with Crippen LogP contribution in [-0.4, -0.2) is 35.5 Å². The van der Waals surface area contributed by atoms with Crippen molar-refractivity contribution in [3.05, 3.63) is 34.0 Å². The summed E-state index contributed by atoms with van der Waals surface area (Å²) in [6.07, 6.45) is 10.1. The molecule has 20 heavy (non-hydrogen) atoms. The fraction of sp³-hybridized carbons (Fsp3) is 0.647.